The molecule has 4 rings (SSSR count). The number of ether oxygens (including phenoxy) is 1. The van der Waals surface area contributed by atoms with E-state index in [4.69, 9.17) is 9.15 Å². The van der Waals surface area contributed by atoms with Crippen molar-refractivity contribution >= 4 is 29.1 Å². The molecule has 2 N–H and O–H groups in total. The number of aromatic nitrogens is 1. The molecule has 0 fully saturated rings. The normalized spacial score (nSPS) is 12.9. The van der Waals surface area contributed by atoms with Crippen LogP contribution in [0, 0.1) is 11.6 Å². The highest BCUT2D eigenvalue weighted by atomic mass is 19.1. The zero-order chi connectivity index (χ0) is 24.9. The molecule has 0 spiro atoms. The van der Waals surface area contributed by atoms with Gasteiger partial charge >= 0.3 is 5.97 Å². The number of hydrogen-bond donors (Lipinski definition) is 2. The van der Waals surface area contributed by atoms with E-state index < -0.39 is 23.5 Å². The first-order chi connectivity index (χ1) is 16.9. The van der Waals surface area contributed by atoms with E-state index in [0.29, 0.717) is 17.1 Å². The molecule has 1 aliphatic rings. The number of anilines is 1. The van der Waals surface area contributed by atoms with Gasteiger partial charge < -0.3 is 19.8 Å². The smallest absolute Gasteiger partial charge is 0.343 e. The average Bonchev–Trinajstić information content (AvgIpc) is 3.22. The molecule has 1 amide bonds. The van der Waals surface area contributed by atoms with Gasteiger partial charge in [-0.1, -0.05) is 12.1 Å². The van der Waals surface area contributed by atoms with Crippen LogP contribution in [0.1, 0.15) is 26.2 Å². The third kappa shape index (κ3) is 5.43. The predicted octanol–water partition coefficient (Wildman–Crippen LogP) is 4.66. The number of carbonyl (C=O) groups is 2. The Morgan fingerprint density at radius 1 is 1.17 bits per heavy atom. The summed E-state index contributed by atoms with van der Waals surface area (Å²) in [4.78, 5) is 33.9. The number of nitrogens with zero attached hydrogens (tertiary/aromatic N) is 2. The van der Waals surface area contributed by atoms with E-state index in [1.807, 2.05) is 6.07 Å². The number of halogens is 2. The fourth-order valence-electron chi connectivity index (χ4n) is 3.49. The molecule has 0 unspecified atom stereocenters. The minimum absolute atomic E-state index is 0.0465. The molecule has 2 heterocycles. The van der Waals surface area contributed by atoms with Gasteiger partial charge in [-0.25, -0.2) is 23.6 Å². The van der Waals surface area contributed by atoms with Gasteiger partial charge in [0.25, 0.3) is 0 Å². The number of amidine groups is 1. The van der Waals surface area contributed by atoms with Gasteiger partial charge in [0.2, 0.25) is 5.91 Å². The fourth-order valence-corrected chi connectivity index (χ4v) is 3.49. The summed E-state index contributed by atoms with van der Waals surface area (Å²) in [5.41, 5.74) is 1.87. The Bertz CT molecular complexity index is 1350. The topological polar surface area (TPSA) is 106 Å². The number of rotatable bonds is 6. The van der Waals surface area contributed by atoms with Gasteiger partial charge in [0.15, 0.2) is 11.7 Å². The van der Waals surface area contributed by atoms with Crippen molar-refractivity contribution in [3.8, 4) is 11.3 Å². The highest BCUT2D eigenvalue weighted by Gasteiger charge is 2.26. The van der Waals surface area contributed by atoms with Gasteiger partial charge in [0.1, 0.15) is 23.0 Å². The van der Waals surface area contributed by atoms with Crippen molar-refractivity contribution in [1.29, 1.82) is 0 Å². The van der Waals surface area contributed by atoms with Gasteiger partial charge in [0.05, 0.1) is 29.7 Å². The van der Waals surface area contributed by atoms with Gasteiger partial charge in [0, 0.05) is 24.6 Å². The zero-order valence-corrected chi connectivity index (χ0v) is 19.0. The lowest BCUT2D eigenvalue weighted by atomic mass is 10.1. The molecular formula is C25H22F2N4O4. The molecule has 8 nitrogen and oxygen atoms in total. The number of carbonyl (C=O) groups excluding carboxylic acids is 2. The summed E-state index contributed by atoms with van der Waals surface area (Å²) >= 11 is 0. The van der Waals surface area contributed by atoms with Gasteiger partial charge in [-0.2, -0.15) is 0 Å². The number of oxazole rings is 1. The summed E-state index contributed by atoms with van der Waals surface area (Å²) in [5, 5.41) is 5.82. The Morgan fingerprint density at radius 2 is 1.97 bits per heavy atom. The summed E-state index contributed by atoms with van der Waals surface area (Å²) < 4.78 is 37.8. The second-order valence-corrected chi connectivity index (χ2v) is 7.61. The van der Waals surface area contributed by atoms with E-state index in [0.717, 1.165) is 12.1 Å². The van der Waals surface area contributed by atoms with Crippen molar-refractivity contribution in [3.63, 3.8) is 0 Å². The van der Waals surface area contributed by atoms with Crippen LogP contribution in [-0.4, -0.2) is 29.3 Å². The zero-order valence-electron chi connectivity index (χ0n) is 19.0. The molecule has 0 saturated heterocycles. The number of aryl methyl sites for hydroxylation is 1. The highest BCUT2D eigenvalue weighted by Crippen LogP contribution is 2.30. The van der Waals surface area contributed by atoms with Crippen molar-refractivity contribution < 1.29 is 27.5 Å². The van der Waals surface area contributed by atoms with Crippen LogP contribution in [-0.2, 0) is 20.7 Å². The number of benzene rings is 2. The monoisotopic (exact) mass is 480 g/mol. The molecule has 1 aliphatic heterocycles. The SMILES string of the molecule is CCOC(=O)C1=C(C)Nc2ccccc2N=C1NC(=O)CCc1ncc(-c2ccc(F)cc2F)o1. The molecule has 2 aromatic carbocycles. The number of allylic oxidation sites excluding steroid dienone is 1. The average molecular weight is 480 g/mol. The van der Waals surface area contributed by atoms with E-state index in [9.17, 15) is 18.4 Å². The molecule has 1 aromatic heterocycles. The second-order valence-electron chi connectivity index (χ2n) is 7.61. The van der Waals surface area contributed by atoms with Gasteiger partial charge in [-0.3, -0.25) is 4.79 Å². The number of fused-ring (bicyclic) bond motifs is 1. The summed E-state index contributed by atoms with van der Waals surface area (Å²) in [7, 11) is 0. The van der Waals surface area contributed by atoms with Crippen molar-refractivity contribution in [3.05, 3.63) is 77.5 Å². The lowest BCUT2D eigenvalue weighted by Gasteiger charge is -2.13. The van der Waals surface area contributed by atoms with E-state index in [1.54, 1.807) is 32.0 Å². The maximum atomic E-state index is 14.0. The Kier molecular flexibility index (Phi) is 7.00. The minimum Gasteiger partial charge on any atom is -0.462 e. The van der Waals surface area contributed by atoms with Gasteiger partial charge in [-0.15, -0.1) is 0 Å². The van der Waals surface area contributed by atoms with Crippen LogP contribution in [0.25, 0.3) is 11.3 Å². The van der Waals surface area contributed by atoms with E-state index in [1.165, 1.54) is 12.3 Å². The predicted molar refractivity (Wildman–Crippen MR) is 125 cm³/mol. The van der Waals surface area contributed by atoms with Crippen LogP contribution >= 0.6 is 0 Å². The fraction of sp³-hybridized carbons (Fsp3) is 0.200. The maximum Gasteiger partial charge on any atom is 0.343 e. The molecule has 0 atom stereocenters. The molecule has 0 bridgehead atoms. The third-order valence-corrected chi connectivity index (χ3v) is 5.12. The van der Waals surface area contributed by atoms with E-state index in [2.05, 4.69) is 20.6 Å². The number of hydrogen-bond acceptors (Lipinski definition) is 7. The second kappa shape index (κ2) is 10.3. The number of esters is 1. The van der Waals surface area contributed by atoms with Gasteiger partial charge in [-0.05, 0) is 38.1 Å². The van der Waals surface area contributed by atoms with E-state index >= 15 is 0 Å². The standard InChI is InChI=1S/C25H22F2N4O4/c1-3-34-25(33)23-14(2)29-18-6-4-5-7-19(18)30-24(23)31-21(32)10-11-22-28-13-20(35-22)16-9-8-15(26)12-17(16)27/h4-9,12-13,29H,3,10-11H2,1-2H3,(H,30,31,32). The summed E-state index contributed by atoms with van der Waals surface area (Å²) in [6.07, 6.45) is 1.37. The van der Waals surface area contributed by atoms with Crippen LogP contribution in [0.15, 0.2) is 69.3 Å². The largest absolute Gasteiger partial charge is 0.462 e. The van der Waals surface area contributed by atoms with Crippen molar-refractivity contribution in [2.75, 3.05) is 11.9 Å². The van der Waals surface area contributed by atoms with Crippen LogP contribution in [0.3, 0.4) is 0 Å². The molecule has 0 radical (unpaired) electrons. The number of para-hydroxylation sites is 2. The molecule has 3 aromatic rings. The van der Waals surface area contributed by atoms with Crippen LogP contribution in [0.4, 0.5) is 20.2 Å². The van der Waals surface area contributed by atoms with Crippen molar-refractivity contribution in [2.24, 2.45) is 4.99 Å². The maximum absolute atomic E-state index is 14.0. The Hall–Kier alpha value is -4.34. The molecule has 0 aliphatic carbocycles. The lowest BCUT2D eigenvalue weighted by molar-refractivity contribution is -0.137. The molecule has 180 valence electrons. The number of aliphatic imine (C=N–C) groups is 1. The summed E-state index contributed by atoms with van der Waals surface area (Å²) in [6, 6.07) is 10.3. The third-order valence-electron chi connectivity index (χ3n) is 5.12. The Labute approximate surface area is 199 Å². The van der Waals surface area contributed by atoms with E-state index in [-0.39, 0.29) is 48.1 Å². The summed E-state index contributed by atoms with van der Waals surface area (Å²) in [5.74, 6) is -2.16. The first-order valence-corrected chi connectivity index (χ1v) is 10.9. The van der Waals surface area contributed by atoms with Crippen LogP contribution in [0.2, 0.25) is 0 Å². The lowest BCUT2D eigenvalue weighted by Crippen LogP contribution is -2.35. The minimum atomic E-state index is -0.778. The van der Waals surface area contributed by atoms with Crippen LogP contribution in [0.5, 0.6) is 0 Å². The molecule has 35 heavy (non-hydrogen) atoms. The molecule has 0 saturated carbocycles. The van der Waals surface area contributed by atoms with Crippen LogP contribution < -0.4 is 10.6 Å². The summed E-state index contributed by atoms with van der Waals surface area (Å²) in [6.45, 7) is 3.54. The number of amides is 1. The highest BCUT2D eigenvalue weighted by molar-refractivity contribution is 6.24. The Balaban J connectivity index is 1.50. The van der Waals surface area contributed by atoms with Crippen molar-refractivity contribution in [1.82, 2.24) is 10.3 Å². The first-order valence-electron chi connectivity index (χ1n) is 10.9. The first kappa shape index (κ1) is 23.8. The van der Waals surface area contributed by atoms with Crippen molar-refractivity contribution in [2.45, 2.75) is 26.7 Å². The quantitative estimate of drug-likeness (QED) is 0.497. The Morgan fingerprint density at radius 3 is 2.74 bits per heavy atom. The number of nitrogens with one attached hydrogen (secondary N) is 2. The molecule has 10 heteroatoms. The molecular weight excluding hydrogens is 458 g/mol.